The van der Waals surface area contributed by atoms with Crippen molar-refractivity contribution in [3.8, 4) is 0 Å². The molecule has 0 amide bonds. The number of rotatable bonds is 6. The Morgan fingerprint density at radius 3 is 2.64 bits per heavy atom. The van der Waals surface area contributed by atoms with Gasteiger partial charge in [-0.3, -0.25) is 0 Å². The zero-order valence-electron chi connectivity index (χ0n) is 15.7. The van der Waals surface area contributed by atoms with Crippen LogP contribution >= 0.6 is 15.9 Å². The molecule has 0 saturated carbocycles. The van der Waals surface area contributed by atoms with Gasteiger partial charge in [-0.05, 0) is 65.2 Å². The molecule has 0 heterocycles. The number of nitrogens with zero attached hydrogens (tertiary/aromatic N) is 2. The van der Waals surface area contributed by atoms with Gasteiger partial charge in [0, 0.05) is 18.1 Å². The molecule has 150 valence electrons. The van der Waals surface area contributed by atoms with Crippen LogP contribution in [-0.4, -0.2) is 30.8 Å². The Bertz CT molecular complexity index is 882. The summed E-state index contributed by atoms with van der Waals surface area (Å²) in [6.45, 7) is 4.30. The monoisotopic (exact) mass is 456 g/mol. The molecule has 2 aromatic carbocycles. The number of hydrogen-bond acceptors (Lipinski definition) is 3. The molecule has 0 radical (unpaired) electrons. The SMILES string of the molecule is CCN(C)/C=N/c1cc(C)c(C(=O)OCc2cccc(C(F)(F)F)c2)cc1Br. The number of ether oxygens (including phenoxy) is 1. The maximum Gasteiger partial charge on any atom is 0.416 e. The smallest absolute Gasteiger partial charge is 0.416 e. The topological polar surface area (TPSA) is 41.9 Å². The van der Waals surface area contributed by atoms with Crippen LogP contribution in [0.4, 0.5) is 18.9 Å². The van der Waals surface area contributed by atoms with E-state index < -0.39 is 17.7 Å². The molecule has 8 heteroatoms. The van der Waals surface area contributed by atoms with Gasteiger partial charge in [-0.1, -0.05) is 12.1 Å². The summed E-state index contributed by atoms with van der Waals surface area (Å²) >= 11 is 3.38. The first-order valence-electron chi connectivity index (χ1n) is 8.49. The normalized spacial score (nSPS) is 11.7. The third kappa shape index (κ3) is 5.82. The highest BCUT2D eigenvalue weighted by molar-refractivity contribution is 9.10. The number of esters is 1. The van der Waals surface area contributed by atoms with Crippen LogP contribution in [0.1, 0.15) is 34.0 Å². The van der Waals surface area contributed by atoms with Crippen molar-refractivity contribution in [1.82, 2.24) is 4.90 Å². The first kappa shape index (κ1) is 21.9. The highest BCUT2D eigenvalue weighted by atomic mass is 79.9. The highest BCUT2D eigenvalue weighted by Gasteiger charge is 2.30. The summed E-state index contributed by atoms with van der Waals surface area (Å²) in [5.41, 5.74) is 1.13. The number of carbonyl (C=O) groups is 1. The number of alkyl halides is 3. The molecule has 0 N–H and O–H groups in total. The molecule has 28 heavy (non-hydrogen) atoms. The van der Waals surface area contributed by atoms with E-state index in [2.05, 4.69) is 20.9 Å². The predicted molar refractivity (Wildman–Crippen MR) is 106 cm³/mol. The number of carbonyl (C=O) groups excluding carboxylic acids is 1. The Labute approximate surface area is 170 Å². The molecule has 0 aliphatic heterocycles. The number of halogens is 4. The van der Waals surface area contributed by atoms with Gasteiger partial charge in [0.2, 0.25) is 0 Å². The number of aryl methyl sites for hydroxylation is 1. The first-order valence-corrected chi connectivity index (χ1v) is 9.29. The zero-order chi connectivity index (χ0) is 20.9. The van der Waals surface area contributed by atoms with Crippen molar-refractivity contribution >= 4 is 33.9 Å². The first-order chi connectivity index (χ1) is 13.1. The van der Waals surface area contributed by atoms with Gasteiger partial charge in [-0.2, -0.15) is 13.2 Å². The van der Waals surface area contributed by atoms with Gasteiger partial charge in [0.1, 0.15) is 6.61 Å². The van der Waals surface area contributed by atoms with Crippen LogP contribution in [0.2, 0.25) is 0 Å². The summed E-state index contributed by atoms with van der Waals surface area (Å²) in [6, 6.07) is 8.05. The average Bonchev–Trinajstić information content (AvgIpc) is 2.65. The van der Waals surface area contributed by atoms with Gasteiger partial charge in [-0.25, -0.2) is 9.79 Å². The van der Waals surface area contributed by atoms with Gasteiger partial charge in [0.05, 0.1) is 23.2 Å². The second-order valence-corrected chi connectivity index (χ2v) is 7.06. The lowest BCUT2D eigenvalue weighted by Gasteiger charge is -2.12. The second-order valence-electron chi connectivity index (χ2n) is 6.21. The standard InChI is InChI=1S/C20H20BrF3N2O2/c1-4-26(3)12-25-18-8-13(2)16(10-17(18)21)19(27)28-11-14-6-5-7-15(9-14)20(22,23)24/h5-10,12H,4,11H2,1-3H3/b25-12+. The zero-order valence-corrected chi connectivity index (χ0v) is 17.3. The van der Waals surface area contributed by atoms with Gasteiger partial charge < -0.3 is 9.64 Å². The molecule has 2 rings (SSSR count). The van der Waals surface area contributed by atoms with Crippen LogP contribution in [0.5, 0.6) is 0 Å². The van der Waals surface area contributed by atoms with Crippen molar-refractivity contribution in [3.63, 3.8) is 0 Å². The van der Waals surface area contributed by atoms with E-state index >= 15 is 0 Å². The molecule has 4 nitrogen and oxygen atoms in total. The summed E-state index contributed by atoms with van der Waals surface area (Å²) in [7, 11) is 1.89. The van der Waals surface area contributed by atoms with E-state index in [0.717, 1.165) is 18.7 Å². The molecule has 0 bridgehead atoms. The average molecular weight is 457 g/mol. The van der Waals surface area contributed by atoms with E-state index in [4.69, 9.17) is 4.74 Å². The van der Waals surface area contributed by atoms with E-state index in [0.29, 0.717) is 21.3 Å². The Kier molecular flexibility index (Phi) is 7.23. The fourth-order valence-corrected chi connectivity index (χ4v) is 2.74. The lowest BCUT2D eigenvalue weighted by Crippen LogP contribution is -2.14. The maximum atomic E-state index is 12.8. The fourth-order valence-electron chi connectivity index (χ4n) is 2.29. The minimum atomic E-state index is -4.44. The van der Waals surface area contributed by atoms with Crippen molar-refractivity contribution < 1.29 is 22.7 Å². The summed E-state index contributed by atoms with van der Waals surface area (Å²) < 4.78 is 44.1. The molecule has 0 spiro atoms. The van der Waals surface area contributed by atoms with E-state index in [1.54, 1.807) is 25.4 Å². The number of aliphatic imine (C=N–C) groups is 1. The number of benzene rings is 2. The summed E-state index contributed by atoms with van der Waals surface area (Å²) in [4.78, 5) is 18.6. The Balaban J connectivity index is 2.13. The molecular formula is C20H20BrF3N2O2. The Hall–Kier alpha value is -2.35. The van der Waals surface area contributed by atoms with Crippen molar-refractivity contribution in [2.45, 2.75) is 26.6 Å². The van der Waals surface area contributed by atoms with Crippen LogP contribution in [0.15, 0.2) is 45.9 Å². The van der Waals surface area contributed by atoms with Crippen molar-refractivity contribution in [1.29, 1.82) is 0 Å². The highest BCUT2D eigenvalue weighted by Crippen LogP contribution is 2.31. The quantitative estimate of drug-likeness (QED) is 0.316. The summed E-state index contributed by atoms with van der Waals surface area (Å²) in [5.74, 6) is -0.614. The van der Waals surface area contributed by atoms with Crippen LogP contribution in [-0.2, 0) is 17.5 Å². The summed E-state index contributed by atoms with van der Waals surface area (Å²) in [6.07, 6.45) is -2.76. The molecule has 0 aliphatic carbocycles. The lowest BCUT2D eigenvalue weighted by molar-refractivity contribution is -0.137. The lowest BCUT2D eigenvalue weighted by atomic mass is 10.1. The largest absolute Gasteiger partial charge is 0.457 e. The molecule has 0 aromatic heterocycles. The number of hydrogen-bond donors (Lipinski definition) is 0. The molecular weight excluding hydrogens is 437 g/mol. The fraction of sp³-hybridized carbons (Fsp3) is 0.300. The third-order valence-corrected chi connectivity index (χ3v) is 4.67. The second kappa shape index (κ2) is 9.23. The van der Waals surface area contributed by atoms with Gasteiger partial charge in [0.15, 0.2) is 0 Å². The molecule has 0 aliphatic rings. The van der Waals surface area contributed by atoms with Crippen LogP contribution in [0.25, 0.3) is 0 Å². The van der Waals surface area contributed by atoms with Gasteiger partial charge >= 0.3 is 12.1 Å². The molecule has 0 saturated heterocycles. The van der Waals surface area contributed by atoms with Crippen LogP contribution < -0.4 is 0 Å². The minimum Gasteiger partial charge on any atom is -0.457 e. The summed E-state index contributed by atoms with van der Waals surface area (Å²) in [5, 5.41) is 0. The van der Waals surface area contributed by atoms with E-state index in [1.165, 1.54) is 12.1 Å². The molecule has 0 atom stereocenters. The van der Waals surface area contributed by atoms with Gasteiger partial charge in [0.25, 0.3) is 0 Å². The Morgan fingerprint density at radius 1 is 1.29 bits per heavy atom. The van der Waals surface area contributed by atoms with Crippen molar-refractivity contribution in [2.24, 2.45) is 4.99 Å². The minimum absolute atomic E-state index is 0.249. The Morgan fingerprint density at radius 2 is 2.00 bits per heavy atom. The third-order valence-electron chi connectivity index (χ3n) is 4.03. The maximum absolute atomic E-state index is 12.8. The van der Waals surface area contributed by atoms with Crippen LogP contribution in [0.3, 0.4) is 0 Å². The van der Waals surface area contributed by atoms with E-state index in [-0.39, 0.29) is 12.2 Å². The molecule has 2 aromatic rings. The van der Waals surface area contributed by atoms with Crippen molar-refractivity contribution in [3.05, 3.63) is 63.1 Å². The van der Waals surface area contributed by atoms with E-state index in [1.807, 2.05) is 18.9 Å². The van der Waals surface area contributed by atoms with Gasteiger partial charge in [-0.15, -0.1) is 0 Å². The van der Waals surface area contributed by atoms with Crippen LogP contribution in [0, 0.1) is 6.92 Å². The molecule has 0 unspecified atom stereocenters. The van der Waals surface area contributed by atoms with E-state index in [9.17, 15) is 18.0 Å². The predicted octanol–water partition coefficient (Wildman–Crippen LogP) is 5.74. The molecule has 0 fully saturated rings. The van der Waals surface area contributed by atoms with Crippen molar-refractivity contribution in [2.75, 3.05) is 13.6 Å².